The van der Waals surface area contributed by atoms with Gasteiger partial charge in [-0.25, -0.2) is 4.98 Å². The van der Waals surface area contributed by atoms with Gasteiger partial charge in [0.05, 0.1) is 0 Å². The largest absolute Gasteiger partial charge is 0.398 e. The molecule has 0 saturated carbocycles. The lowest BCUT2D eigenvalue weighted by Gasteiger charge is -2.21. The molecular formula is C15H22N4. The van der Waals surface area contributed by atoms with E-state index in [2.05, 4.69) is 27.4 Å². The lowest BCUT2D eigenvalue weighted by atomic mass is 10.1. The van der Waals surface area contributed by atoms with Crippen molar-refractivity contribution in [2.24, 2.45) is 7.05 Å². The van der Waals surface area contributed by atoms with Crippen LogP contribution in [-0.4, -0.2) is 27.5 Å². The number of hydrogen-bond donors (Lipinski definition) is 1. The molecule has 0 aliphatic rings. The fourth-order valence-electron chi connectivity index (χ4n) is 2.16. The Hall–Kier alpha value is -1.81. The quantitative estimate of drug-likeness (QED) is 0.807. The van der Waals surface area contributed by atoms with E-state index in [1.807, 2.05) is 37.6 Å². The fraction of sp³-hybridized carbons (Fsp3) is 0.400. The average molecular weight is 258 g/mol. The molecule has 0 aliphatic heterocycles. The lowest BCUT2D eigenvalue weighted by molar-refractivity contribution is 0.281. The molecule has 102 valence electrons. The van der Waals surface area contributed by atoms with Crippen LogP contribution in [0.2, 0.25) is 0 Å². The van der Waals surface area contributed by atoms with Gasteiger partial charge < -0.3 is 10.3 Å². The van der Waals surface area contributed by atoms with Crippen molar-refractivity contribution in [3.63, 3.8) is 0 Å². The van der Waals surface area contributed by atoms with Gasteiger partial charge in [0.1, 0.15) is 5.82 Å². The highest BCUT2D eigenvalue weighted by molar-refractivity contribution is 5.46. The Morgan fingerprint density at radius 2 is 2.11 bits per heavy atom. The minimum atomic E-state index is 0.873. The summed E-state index contributed by atoms with van der Waals surface area (Å²) in [5.74, 6) is 1.12. The second kappa shape index (κ2) is 6.38. The molecule has 1 aromatic carbocycles. The van der Waals surface area contributed by atoms with Crippen molar-refractivity contribution in [3.05, 3.63) is 48.0 Å². The molecule has 4 nitrogen and oxygen atoms in total. The minimum Gasteiger partial charge on any atom is -0.398 e. The van der Waals surface area contributed by atoms with Crippen molar-refractivity contribution >= 4 is 5.69 Å². The summed E-state index contributed by atoms with van der Waals surface area (Å²) in [4.78, 5) is 6.75. The third kappa shape index (κ3) is 3.58. The highest BCUT2D eigenvalue weighted by Gasteiger charge is 2.07. The maximum absolute atomic E-state index is 6.00. The van der Waals surface area contributed by atoms with Gasteiger partial charge in [0, 0.05) is 44.6 Å². The Kier molecular flexibility index (Phi) is 4.58. The number of nitrogens with two attached hydrogens (primary N) is 1. The van der Waals surface area contributed by atoms with Gasteiger partial charge in [-0.1, -0.05) is 25.1 Å². The summed E-state index contributed by atoms with van der Waals surface area (Å²) in [6.07, 6.45) is 4.80. The van der Waals surface area contributed by atoms with Crippen molar-refractivity contribution in [2.45, 2.75) is 19.9 Å². The summed E-state index contributed by atoms with van der Waals surface area (Å²) in [6.45, 7) is 5.08. The van der Waals surface area contributed by atoms with E-state index in [1.54, 1.807) is 0 Å². The first kappa shape index (κ1) is 13.6. The van der Waals surface area contributed by atoms with Gasteiger partial charge in [-0.3, -0.25) is 4.90 Å². The Morgan fingerprint density at radius 1 is 1.32 bits per heavy atom. The van der Waals surface area contributed by atoms with E-state index in [1.165, 1.54) is 5.56 Å². The molecule has 0 aliphatic carbocycles. The molecule has 0 atom stereocenters. The van der Waals surface area contributed by atoms with E-state index < -0.39 is 0 Å². The van der Waals surface area contributed by atoms with Crippen molar-refractivity contribution in [2.75, 3.05) is 18.8 Å². The first-order valence-corrected chi connectivity index (χ1v) is 6.72. The number of anilines is 1. The molecular weight excluding hydrogens is 236 g/mol. The smallest absolute Gasteiger partial charge is 0.109 e. The predicted octanol–water partition coefficient (Wildman–Crippen LogP) is 2.07. The summed E-state index contributed by atoms with van der Waals surface area (Å²) in [5, 5.41) is 0. The molecule has 0 saturated heterocycles. The van der Waals surface area contributed by atoms with Crippen LogP contribution in [0.4, 0.5) is 5.69 Å². The SMILES string of the molecule is CCN(CCc1nccn1C)Cc1ccccc1N. The van der Waals surface area contributed by atoms with Crippen LogP contribution in [0.25, 0.3) is 0 Å². The van der Waals surface area contributed by atoms with Crippen molar-refractivity contribution in [1.29, 1.82) is 0 Å². The summed E-state index contributed by atoms with van der Waals surface area (Å²) in [5.41, 5.74) is 8.07. The van der Waals surface area contributed by atoms with E-state index in [0.29, 0.717) is 0 Å². The van der Waals surface area contributed by atoms with Crippen LogP contribution in [-0.2, 0) is 20.0 Å². The maximum Gasteiger partial charge on any atom is 0.109 e. The van der Waals surface area contributed by atoms with E-state index in [4.69, 9.17) is 5.73 Å². The molecule has 2 rings (SSSR count). The lowest BCUT2D eigenvalue weighted by Crippen LogP contribution is -2.26. The zero-order valence-electron chi connectivity index (χ0n) is 11.7. The fourth-order valence-corrected chi connectivity index (χ4v) is 2.16. The van der Waals surface area contributed by atoms with Gasteiger partial charge >= 0.3 is 0 Å². The number of rotatable bonds is 6. The minimum absolute atomic E-state index is 0.873. The van der Waals surface area contributed by atoms with Crippen molar-refractivity contribution in [1.82, 2.24) is 14.5 Å². The molecule has 0 bridgehead atoms. The van der Waals surface area contributed by atoms with Gasteiger partial charge in [-0.05, 0) is 18.2 Å². The van der Waals surface area contributed by atoms with Gasteiger partial charge in [0.2, 0.25) is 0 Å². The van der Waals surface area contributed by atoms with Gasteiger partial charge in [-0.2, -0.15) is 0 Å². The third-order valence-electron chi connectivity index (χ3n) is 3.47. The highest BCUT2D eigenvalue weighted by atomic mass is 15.1. The first-order valence-electron chi connectivity index (χ1n) is 6.72. The second-order valence-corrected chi connectivity index (χ2v) is 4.77. The zero-order chi connectivity index (χ0) is 13.7. The van der Waals surface area contributed by atoms with E-state index >= 15 is 0 Å². The Morgan fingerprint density at radius 3 is 2.74 bits per heavy atom. The topological polar surface area (TPSA) is 47.1 Å². The summed E-state index contributed by atoms with van der Waals surface area (Å²) >= 11 is 0. The first-order chi connectivity index (χ1) is 9.20. The van der Waals surface area contributed by atoms with Crippen LogP contribution < -0.4 is 5.73 Å². The number of aromatic nitrogens is 2. The number of hydrogen-bond acceptors (Lipinski definition) is 3. The maximum atomic E-state index is 6.00. The monoisotopic (exact) mass is 258 g/mol. The molecule has 2 aromatic rings. The van der Waals surface area contributed by atoms with Crippen LogP contribution in [0.15, 0.2) is 36.7 Å². The van der Waals surface area contributed by atoms with Crippen LogP contribution in [0.1, 0.15) is 18.3 Å². The number of nitrogen functional groups attached to an aromatic ring is 1. The predicted molar refractivity (Wildman–Crippen MR) is 78.7 cm³/mol. The molecule has 19 heavy (non-hydrogen) atoms. The number of likely N-dealkylation sites (N-methyl/N-ethyl adjacent to an activating group) is 1. The highest BCUT2D eigenvalue weighted by Crippen LogP contribution is 2.13. The summed E-state index contributed by atoms with van der Waals surface area (Å²) in [7, 11) is 2.04. The molecule has 0 spiro atoms. The van der Waals surface area contributed by atoms with Gasteiger partial charge in [0.25, 0.3) is 0 Å². The Bertz CT molecular complexity index is 518. The van der Waals surface area contributed by atoms with Crippen LogP contribution >= 0.6 is 0 Å². The van der Waals surface area contributed by atoms with Crippen LogP contribution in [0.3, 0.4) is 0 Å². The molecule has 1 heterocycles. The molecule has 1 aromatic heterocycles. The third-order valence-corrected chi connectivity index (χ3v) is 3.47. The van der Waals surface area contributed by atoms with Gasteiger partial charge in [0.15, 0.2) is 0 Å². The molecule has 0 amide bonds. The zero-order valence-corrected chi connectivity index (χ0v) is 11.7. The molecule has 0 fully saturated rings. The van der Waals surface area contributed by atoms with Crippen LogP contribution in [0.5, 0.6) is 0 Å². The molecule has 0 radical (unpaired) electrons. The molecule has 4 heteroatoms. The van der Waals surface area contributed by atoms with E-state index in [9.17, 15) is 0 Å². The number of para-hydroxylation sites is 1. The summed E-state index contributed by atoms with van der Waals surface area (Å²) in [6, 6.07) is 8.07. The van der Waals surface area contributed by atoms with Crippen molar-refractivity contribution < 1.29 is 0 Å². The Labute approximate surface area is 114 Å². The van der Waals surface area contributed by atoms with E-state index in [0.717, 1.165) is 37.6 Å². The normalized spacial score (nSPS) is 11.1. The molecule has 0 unspecified atom stereocenters. The number of aryl methyl sites for hydroxylation is 1. The number of benzene rings is 1. The van der Waals surface area contributed by atoms with E-state index in [-0.39, 0.29) is 0 Å². The molecule has 2 N–H and O–H groups in total. The number of nitrogens with zero attached hydrogens (tertiary/aromatic N) is 3. The second-order valence-electron chi connectivity index (χ2n) is 4.77. The van der Waals surface area contributed by atoms with Crippen LogP contribution in [0, 0.1) is 0 Å². The van der Waals surface area contributed by atoms with Gasteiger partial charge in [-0.15, -0.1) is 0 Å². The van der Waals surface area contributed by atoms with Crippen molar-refractivity contribution in [3.8, 4) is 0 Å². The summed E-state index contributed by atoms with van der Waals surface area (Å²) < 4.78 is 2.07. The average Bonchev–Trinajstić information content (AvgIpc) is 2.82. The number of imidazole rings is 1. The standard InChI is InChI=1S/C15H22N4/c1-3-19(10-8-15-17-9-11-18(15)2)12-13-6-4-5-7-14(13)16/h4-7,9,11H,3,8,10,12,16H2,1-2H3. The Balaban J connectivity index is 1.94.